The maximum Gasteiger partial charge on any atom is 0.227 e. The Morgan fingerprint density at radius 3 is 2.77 bits per heavy atom. The molecule has 1 aromatic carbocycles. The monoisotopic (exact) mass is 348 g/mol. The highest BCUT2D eigenvalue weighted by molar-refractivity contribution is 6.05. The first-order valence-electron chi connectivity index (χ1n) is 10.5. The molecule has 4 aromatic rings. The van der Waals surface area contributed by atoms with Crippen LogP contribution in [-0.4, -0.2) is 4.98 Å². The van der Waals surface area contributed by atoms with E-state index < -0.39 is 6.85 Å². The summed E-state index contributed by atoms with van der Waals surface area (Å²) in [5.74, 6) is 0.593. The van der Waals surface area contributed by atoms with Crippen molar-refractivity contribution in [3.63, 3.8) is 0 Å². The molecular weight excluding hydrogens is 320 g/mol. The molecule has 0 aliphatic carbocycles. The summed E-state index contributed by atoms with van der Waals surface area (Å²) in [7, 11) is 2.05. The molecule has 0 saturated heterocycles. The molecule has 4 rings (SSSR count). The molecule has 0 aliphatic rings. The van der Waals surface area contributed by atoms with E-state index in [0.717, 1.165) is 39.6 Å². The topological polar surface area (TPSA) is 29.9 Å². The van der Waals surface area contributed by atoms with Crippen LogP contribution >= 0.6 is 0 Å². The number of furan rings is 1. The van der Waals surface area contributed by atoms with Crippen molar-refractivity contribution in [3.05, 3.63) is 59.4 Å². The van der Waals surface area contributed by atoms with E-state index in [0.29, 0.717) is 11.6 Å². The molecule has 0 aliphatic heterocycles. The van der Waals surface area contributed by atoms with Gasteiger partial charge in [-0.25, -0.2) is 9.55 Å². The average Bonchev–Trinajstić information content (AvgIpc) is 2.98. The molecule has 0 bridgehead atoms. The minimum atomic E-state index is -2.25. The Bertz CT molecular complexity index is 1220. The van der Waals surface area contributed by atoms with E-state index in [2.05, 4.69) is 61.8 Å². The van der Waals surface area contributed by atoms with E-state index in [1.165, 1.54) is 5.56 Å². The van der Waals surface area contributed by atoms with Gasteiger partial charge in [-0.1, -0.05) is 13.8 Å². The van der Waals surface area contributed by atoms with E-state index in [-0.39, 0.29) is 5.69 Å². The lowest BCUT2D eigenvalue weighted by Crippen LogP contribution is -2.30. The Labute approximate surface area is 158 Å². The van der Waals surface area contributed by atoms with Crippen LogP contribution in [-0.2, 0) is 13.5 Å². The fraction of sp³-hybridized carbons (Fsp3) is 0.304. The highest BCUT2D eigenvalue weighted by Crippen LogP contribution is 2.33. The number of hydrogen-bond donors (Lipinski definition) is 0. The highest BCUT2D eigenvalue weighted by atomic mass is 16.3. The molecule has 3 heterocycles. The van der Waals surface area contributed by atoms with Crippen LogP contribution in [0.4, 0.5) is 0 Å². The van der Waals surface area contributed by atoms with E-state index in [1.54, 1.807) is 12.1 Å². The Kier molecular flexibility index (Phi) is 3.24. The molecule has 0 spiro atoms. The van der Waals surface area contributed by atoms with Gasteiger partial charge in [-0.15, -0.1) is 0 Å². The summed E-state index contributed by atoms with van der Waals surface area (Å²) in [5.41, 5.74) is 5.82. The van der Waals surface area contributed by atoms with Crippen LogP contribution in [0.25, 0.3) is 33.3 Å². The minimum absolute atomic E-state index is 0.0498. The maximum atomic E-state index is 7.58. The molecule has 26 heavy (non-hydrogen) atoms. The van der Waals surface area contributed by atoms with E-state index in [4.69, 9.17) is 8.53 Å². The van der Waals surface area contributed by atoms with Crippen molar-refractivity contribution >= 4 is 22.1 Å². The fourth-order valence-corrected chi connectivity index (χ4v) is 3.56. The number of benzene rings is 1. The zero-order valence-corrected chi connectivity index (χ0v) is 15.6. The number of aryl methyl sites for hydroxylation is 3. The lowest BCUT2D eigenvalue weighted by molar-refractivity contribution is -0.660. The van der Waals surface area contributed by atoms with Gasteiger partial charge in [-0.3, -0.25) is 0 Å². The van der Waals surface area contributed by atoms with Crippen molar-refractivity contribution in [2.24, 2.45) is 13.0 Å². The summed E-state index contributed by atoms with van der Waals surface area (Å²) in [6, 6.07) is 11.9. The first-order chi connectivity index (χ1) is 13.6. The molecule has 0 radical (unpaired) electrons. The summed E-state index contributed by atoms with van der Waals surface area (Å²) >= 11 is 0. The van der Waals surface area contributed by atoms with Gasteiger partial charge in [0.05, 0.1) is 0 Å². The highest BCUT2D eigenvalue weighted by Gasteiger charge is 2.18. The molecule has 3 aromatic heterocycles. The normalized spacial score (nSPS) is 14.0. The Morgan fingerprint density at radius 1 is 1.15 bits per heavy atom. The number of hydrogen-bond acceptors (Lipinski definition) is 2. The SMILES string of the molecule is [2H]C([2H])([2H])c1ccc2c(n1)oc1cc(C)c(-c3cc(CC(C)C)cc[n+]3C)cc12. The molecule has 0 fully saturated rings. The minimum Gasteiger partial charge on any atom is -0.438 e. The van der Waals surface area contributed by atoms with Crippen LogP contribution < -0.4 is 4.57 Å². The number of pyridine rings is 2. The van der Waals surface area contributed by atoms with Gasteiger partial charge in [0.15, 0.2) is 6.20 Å². The summed E-state index contributed by atoms with van der Waals surface area (Å²) < 4.78 is 30.8. The van der Waals surface area contributed by atoms with Gasteiger partial charge in [0.1, 0.15) is 12.6 Å². The number of rotatable bonds is 3. The molecule has 0 unspecified atom stereocenters. The smallest absolute Gasteiger partial charge is 0.227 e. The van der Waals surface area contributed by atoms with Crippen molar-refractivity contribution < 1.29 is 13.1 Å². The first-order valence-corrected chi connectivity index (χ1v) is 8.97. The Hall–Kier alpha value is -2.68. The molecule has 3 heteroatoms. The van der Waals surface area contributed by atoms with Gasteiger partial charge < -0.3 is 4.42 Å². The van der Waals surface area contributed by atoms with Gasteiger partial charge in [-0.2, -0.15) is 0 Å². The van der Waals surface area contributed by atoms with Crippen molar-refractivity contribution in [1.29, 1.82) is 0 Å². The quantitative estimate of drug-likeness (QED) is 0.471. The van der Waals surface area contributed by atoms with Crippen LogP contribution in [0.15, 0.2) is 47.0 Å². The lowest BCUT2D eigenvalue weighted by Gasteiger charge is -2.08. The van der Waals surface area contributed by atoms with Gasteiger partial charge in [0.2, 0.25) is 11.4 Å². The Morgan fingerprint density at radius 2 is 2.00 bits per heavy atom. The third-order valence-electron chi connectivity index (χ3n) is 4.82. The van der Waals surface area contributed by atoms with Crippen LogP contribution in [0.1, 0.15) is 34.8 Å². The zero-order valence-electron chi connectivity index (χ0n) is 18.6. The van der Waals surface area contributed by atoms with Crippen molar-refractivity contribution in [2.45, 2.75) is 34.0 Å². The predicted molar refractivity (Wildman–Crippen MR) is 106 cm³/mol. The average molecular weight is 348 g/mol. The molecule has 3 nitrogen and oxygen atoms in total. The van der Waals surface area contributed by atoms with Crippen LogP contribution in [0.3, 0.4) is 0 Å². The summed E-state index contributed by atoms with van der Waals surface area (Å²) in [6.45, 7) is 4.27. The standard InChI is InChI=1S/C23H25N2O/c1-14(2)10-17-8-9-25(5)21(12-17)19-13-20-18-7-6-16(4)24-23(18)26-22(20)11-15(19)3/h6-9,11-14H,10H2,1-5H3/q+1/i4D3. The van der Waals surface area contributed by atoms with Gasteiger partial charge in [-0.05, 0) is 61.5 Å². The van der Waals surface area contributed by atoms with Gasteiger partial charge in [0, 0.05) is 38.3 Å². The predicted octanol–water partition coefficient (Wildman–Crippen LogP) is 5.29. The van der Waals surface area contributed by atoms with Gasteiger partial charge in [0.25, 0.3) is 0 Å². The second-order valence-electron chi connectivity index (χ2n) is 7.44. The van der Waals surface area contributed by atoms with Gasteiger partial charge >= 0.3 is 0 Å². The Balaban J connectivity index is 1.90. The molecular formula is C23H25N2O+. The van der Waals surface area contributed by atoms with E-state index in [1.807, 2.05) is 6.07 Å². The van der Waals surface area contributed by atoms with E-state index in [9.17, 15) is 0 Å². The number of aromatic nitrogens is 2. The van der Waals surface area contributed by atoms with Crippen molar-refractivity contribution in [3.8, 4) is 11.3 Å². The maximum absolute atomic E-state index is 7.58. The molecule has 0 atom stereocenters. The van der Waals surface area contributed by atoms with Crippen molar-refractivity contribution in [1.82, 2.24) is 4.98 Å². The molecule has 0 saturated carbocycles. The first kappa shape index (κ1) is 13.5. The summed E-state index contributed by atoms with van der Waals surface area (Å²) in [5, 5.41) is 1.77. The number of nitrogens with zero attached hydrogens (tertiary/aromatic N) is 2. The molecule has 0 amide bonds. The second-order valence-corrected chi connectivity index (χ2v) is 7.44. The van der Waals surface area contributed by atoms with Crippen molar-refractivity contribution in [2.75, 3.05) is 0 Å². The largest absolute Gasteiger partial charge is 0.438 e. The third kappa shape index (κ3) is 2.88. The lowest BCUT2D eigenvalue weighted by atomic mass is 9.98. The number of fused-ring (bicyclic) bond motifs is 3. The molecule has 0 N–H and O–H groups in total. The zero-order chi connectivity index (χ0) is 20.9. The van der Waals surface area contributed by atoms with Crippen LogP contribution in [0, 0.1) is 19.7 Å². The van der Waals surface area contributed by atoms with Crippen LogP contribution in [0.2, 0.25) is 0 Å². The summed E-state index contributed by atoms with van der Waals surface area (Å²) in [4.78, 5) is 4.25. The van der Waals surface area contributed by atoms with E-state index >= 15 is 0 Å². The summed E-state index contributed by atoms with van der Waals surface area (Å²) in [6.07, 6.45) is 3.14. The van der Waals surface area contributed by atoms with Crippen LogP contribution in [0.5, 0.6) is 0 Å². The third-order valence-corrected chi connectivity index (χ3v) is 4.82. The molecule has 132 valence electrons. The fourth-order valence-electron chi connectivity index (χ4n) is 3.56. The second kappa shape index (κ2) is 6.24.